The smallest absolute Gasteiger partial charge is 0.356 e. The quantitative estimate of drug-likeness (QED) is 0.385. The molecule has 2 aromatic heterocycles. The van der Waals surface area contributed by atoms with E-state index in [0.29, 0.717) is 24.5 Å². The molecule has 0 aliphatic rings. The maximum Gasteiger partial charge on any atom is 0.356 e. The van der Waals surface area contributed by atoms with E-state index in [0.717, 1.165) is 52.8 Å². The SMILES string of the molecule is CCCCc1nn(C)c(C(=O)OCC)c1Cc1ccc(-c2ccccc2-c2nn[nH]n2)cc1. The molecule has 33 heavy (non-hydrogen) atoms. The number of hydrogen-bond acceptors (Lipinski definition) is 6. The topological polar surface area (TPSA) is 98.6 Å². The average Bonchev–Trinajstić information content (AvgIpc) is 3.47. The van der Waals surface area contributed by atoms with Gasteiger partial charge in [0.2, 0.25) is 5.82 Å². The molecule has 4 aromatic rings. The molecule has 0 atom stereocenters. The van der Waals surface area contributed by atoms with E-state index in [1.54, 1.807) is 4.68 Å². The molecule has 2 heterocycles. The minimum atomic E-state index is -0.323. The highest BCUT2D eigenvalue weighted by atomic mass is 16.5. The molecule has 170 valence electrons. The average molecular weight is 445 g/mol. The van der Waals surface area contributed by atoms with Crippen LogP contribution in [-0.2, 0) is 24.6 Å². The highest BCUT2D eigenvalue weighted by Crippen LogP contribution is 2.30. The summed E-state index contributed by atoms with van der Waals surface area (Å²) in [5.74, 6) is 0.237. The van der Waals surface area contributed by atoms with Crippen LogP contribution in [0.15, 0.2) is 48.5 Å². The summed E-state index contributed by atoms with van der Waals surface area (Å²) >= 11 is 0. The van der Waals surface area contributed by atoms with Gasteiger partial charge in [0.15, 0.2) is 0 Å². The van der Waals surface area contributed by atoms with Crippen LogP contribution >= 0.6 is 0 Å². The van der Waals surface area contributed by atoms with Crippen LogP contribution < -0.4 is 0 Å². The van der Waals surface area contributed by atoms with Crippen molar-refractivity contribution in [3.63, 3.8) is 0 Å². The van der Waals surface area contributed by atoms with Gasteiger partial charge in [-0.3, -0.25) is 4.68 Å². The fourth-order valence-electron chi connectivity index (χ4n) is 4.02. The number of esters is 1. The number of ether oxygens (including phenoxy) is 1. The number of unbranched alkanes of at least 4 members (excludes halogenated alkanes) is 1. The third-order valence-corrected chi connectivity index (χ3v) is 5.62. The lowest BCUT2D eigenvalue weighted by atomic mass is 9.95. The zero-order valence-corrected chi connectivity index (χ0v) is 19.2. The molecule has 2 aromatic carbocycles. The highest BCUT2D eigenvalue weighted by molar-refractivity contribution is 5.89. The van der Waals surface area contributed by atoms with Crippen molar-refractivity contribution in [1.29, 1.82) is 0 Å². The van der Waals surface area contributed by atoms with Gasteiger partial charge in [-0.05, 0) is 41.7 Å². The van der Waals surface area contributed by atoms with Gasteiger partial charge in [0.05, 0.1) is 12.3 Å². The van der Waals surface area contributed by atoms with Gasteiger partial charge in [-0.25, -0.2) is 4.79 Å². The molecule has 4 rings (SSSR count). The maximum atomic E-state index is 12.7. The Labute approximate surface area is 193 Å². The second-order valence-electron chi connectivity index (χ2n) is 7.88. The Morgan fingerprint density at radius 1 is 1.06 bits per heavy atom. The van der Waals surface area contributed by atoms with E-state index in [4.69, 9.17) is 4.74 Å². The van der Waals surface area contributed by atoms with Crippen LogP contribution in [0.25, 0.3) is 22.5 Å². The van der Waals surface area contributed by atoms with Gasteiger partial charge in [-0.2, -0.15) is 10.3 Å². The number of benzene rings is 2. The van der Waals surface area contributed by atoms with Gasteiger partial charge in [0.1, 0.15) is 5.69 Å². The molecule has 0 aliphatic heterocycles. The lowest BCUT2D eigenvalue weighted by molar-refractivity contribution is 0.0512. The Bertz CT molecular complexity index is 1210. The summed E-state index contributed by atoms with van der Waals surface area (Å²) < 4.78 is 6.97. The summed E-state index contributed by atoms with van der Waals surface area (Å²) in [6.07, 6.45) is 3.56. The molecule has 0 aliphatic carbocycles. The predicted molar refractivity (Wildman–Crippen MR) is 126 cm³/mol. The predicted octanol–water partition coefficient (Wildman–Crippen LogP) is 4.38. The van der Waals surface area contributed by atoms with Crippen LogP contribution in [0.1, 0.15) is 54.0 Å². The van der Waals surface area contributed by atoms with E-state index in [1.165, 1.54) is 0 Å². The lowest BCUT2D eigenvalue weighted by Crippen LogP contribution is -2.13. The van der Waals surface area contributed by atoms with Crippen molar-refractivity contribution in [3.8, 4) is 22.5 Å². The van der Waals surface area contributed by atoms with Crippen molar-refractivity contribution < 1.29 is 9.53 Å². The zero-order chi connectivity index (χ0) is 23.2. The lowest BCUT2D eigenvalue weighted by Gasteiger charge is -2.10. The van der Waals surface area contributed by atoms with Crippen molar-refractivity contribution in [3.05, 3.63) is 71.0 Å². The van der Waals surface area contributed by atoms with Crippen LogP contribution in [0, 0.1) is 0 Å². The fourth-order valence-corrected chi connectivity index (χ4v) is 4.02. The Morgan fingerprint density at radius 3 is 2.48 bits per heavy atom. The number of aromatic amines is 1. The number of aromatic nitrogens is 6. The first-order valence-corrected chi connectivity index (χ1v) is 11.3. The first-order valence-electron chi connectivity index (χ1n) is 11.3. The highest BCUT2D eigenvalue weighted by Gasteiger charge is 2.23. The molecule has 0 radical (unpaired) electrons. The van der Waals surface area contributed by atoms with Gasteiger partial charge in [0, 0.05) is 24.6 Å². The first-order chi connectivity index (χ1) is 16.1. The van der Waals surface area contributed by atoms with E-state index in [-0.39, 0.29) is 5.97 Å². The van der Waals surface area contributed by atoms with Gasteiger partial charge in [-0.15, -0.1) is 10.2 Å². The summed E-state index contributed by atoms with van der Waals surface area (Å²) in [4.78, 5) is 12.7. The number of aryl methyl sites for hydroxylation is 2. The number of hydrogen-bond donors (Lipinski definition) is 1. The summed E-state index contributed by atoms with van der Waals surface area (Å²) in [5.41, 5.74) is 6.56. The zero-order valence-electron chi connectivity index (χ0n) is 19.2. The first kappa shape index (κ1) is 22.4. The number of carbonyl (C=O) groups excluding carboxylic acids is 1. The van der Waals surface area contributed by atoms with Crippen LogP contribution in [0.3, 0.4) is 0 Å². The van der Waals surface area contributed by atoms with E-state index < -0.39 is 0 Å². The van der Waals surface area contributed by atoms with Crippen LogP contribution in [0.5, 0.6) is 0 Å². The Balaban J connectivity index is 1.65. The summed E-state index contributed by atoms with van der Waals surface area (Å²) in [7, 11) is 1.81. The van der Waals surface area contributed by atoms with Crippen molar-refractivity contribution in [2.24, 2.45) is 7.05 Å². The van der Waals surface area contributed by atoms with E-state index in [9.17, 15) is 4.79 Å². The number of rotatable bonds is 9. The van der Waals surface area contributed by atoms with Crippen LogP contribution in [0.4, 0.5) is 0 Å². The third-order valence-electron chi connectivity index (χ3n) is 5.62. The molecule has 0 saturated heterocycles. The number of carbonyl (C=O) groups is 1. The Morgan fingerprint density at radius 2 is 1.82 bits per heavy atom. The third kappa shape index (κ3) is 4.84. The summed E-state index contributed by atoms with van der Waals surface area (Å²) in [6, 6.07) is 16.3. The van der Waals surface area contributed by atoms with Gasteiger partial charge in [-0.1, -0.05) is 61.9 Å². The Kier molecular flexibility index (Phi) is 6.92. The molecule has 8 nitrogen and oxygen atoms in total. The van der Waals surface area contributed by atoms with Crippen molar-refractivity contribution in [2.75, 3.05) is 6.61 Å². The second kappa shape index (κ2) is 10.2. The molecule has 0 saturated carbocycles. The molecule has 8 heteroatoms. The molecular weight excluding hydrogens is 416 g/mol. The molecule has 0 unspecified atom stereocenters. The van der Waals surface area contributed by atoms with E-state index in [2.05, 4.69) is 56.9 Å². The van der Waals surface area contributed by atoms with Gasteiger partial charge in [0.25, 0.3) is 0 Å². The molecular formula is C25H28N6O2. The number of nitrogens with one attached hydrogen (secondary N) is 1. The van der Waals surface area contributed by atoms with Gasteiger partial charge >= 0.3 is 5.97 Å². The number of nitrogens with zero attached hydrogens (tertiary/aromatic N) is 5. The molecule has 0 amide bonds. The largest absolute Gasteiger partial charge is 0.461 e. The summed E-state index contributed by atoms with van der Waals surface area (Å²) in [5, 5.41) is 19.1. The number of H-pyrrole nitrogens is 1. The minimum absolute atomic E-state index is 0.323. The maximum absolute atomic E-state index is 12.7. The molecule has 0 spiro atoms. The monoisotopic (exact) mass is 444 g/mol. The standard InChI is InChI=1S/C25H28N6O2/c1-4-6-11-22-21(23(31(3)28-22)25(32)33-5-2)16-17-12-14-18(15-13-17)19-9-7-8-10-20(19)24-26-29-30-27-24/h7-10,12-15H,4-6,11,16H2,1-3H3,(H,26,27,29,30). The van der Waals surface area contributed by atoms with E-state index in [1.807, 2.05) is 38.2 Å². The van der Waals surface area contributed by atoms with Crippen molar-refractivity contribution in [2.45, 2.75) is 39.5 Å². The molecule has 1 N–H and O–H groups in total. The van der Waals surface area contributed by atoms with Crippen LogP contribution in [-0.4, -0.2) is 43.0 Å². The normalized spacial score (nSPS) is 11.0. The van der Waals surface area contributed by atoms with E-state index >= 15 is 0 Å². The van der Waals surface area contributed by atoms with Crippen molar-refractivity contribution in [1.82, 2.24) is 30.4 Å². The Hall–Kier alpha value is -3.81. The second-order valence-corrected chi connectivity index (χ2v) is 7.88. The fraction of sp³-hybridized carbons (Fsp3) is 0.320. The minimum Gasteiger partial charge on any atom is -0.461 e. The van der Waals surface area contributed by atoms with Crippen LogP contribution in [0.2, 0.25) is 0 Å². The molecule has 0 bridgehead atoms. The summed E-state index contributed by atoms with van der Waals surface area (Å²) in [6.45, 7) is 4.30. The van der Waals surface area contributed by atoms with Crippen molar-refractivity contribution >= 4 is 5.97 Å². The molecule has 0 fully saturated rings. The van der Waals surface area contributed by atoms with Gasteiger partial charge < -0.3 is 4.74 Å². The number of tetrazole rings is 1.